The summed E-state index contributed by atoms with van der Waals surface area (Å²) in [5.74, 6) is 5.74. The van der Waals surface area contributed by atoms with Gasteiger partial charge >= 0.3 is 6.18 Å². The minimum Gasteiger partial charge on any atom is -0.271 e. The summed E-state index contributed by atoms with van der Waals surface area (Å²) >= 11 is 2.92. The molecule has 0 bridgehead atoms. The predicted octanol–water partition coefficient (Wildman–Crippen LogP) is 4.02. The lowest BCUT2D eigenvalue weighted by molar-refractivity contribution is -0.138. The molecule has 0 aromatic heterocycles. The summed E-state index contributed by atoms with van der Waals surface area (Å²) in [4.78, 5) is 0. The normalized spacial score (nSPS) is 14.0. The Labute approximate surface area is 113 Å². The van der Waals surface area contributed by atoms with E-state index in [1.807, 2.05) is 13.8 Å². The monoisotopic (exact) mass is 324 g/mol. The van der Waals surface area contributed by atoms with Crippen LogP contribution in [0, 0.1) is 5.92 Å². The van der Waals surface area contributed by atoms with E-state index in [9.17, 15) is 13.2 Å². The van der Waals surface area contributed by atoms with Gasteiger partial charge in [0, 0.05) is 10.5 Å². The van der Waals surface area contributed by atoms with Crippen LogP contribution in [-0.2, 0) is 6.18 Å². The number of alkyl halides is 3. The standard InChI is InChI=1S/C12H16BrF3N2/c1-7(2)5-11(18-17)8-3-4-10(13)9(6-8)12(14,15)16/h3-4,6-7,11,18H,5,17H2,1-2H3. The van der Waals surface area contributed by atoms with Gasteiger partial charge in [-0.15, -0.1) is 0 Å². The molecule has 0 heterocycles. The second-order valence-corrected chi connectivity index (χ2v) is 5.44. The molecule has 2 nitrogen and oxygen atoms in total. The first kappa shape index (κ1) is 15.5. The predicted molar refractivity (Wildman–Crippen MR) is 68.7 cm³/mol. The summed E-state index contributed by atoms with van der Waals surface area (Å²) in [6, 6.07) is 3.91. The zero-order chi connectivity index (χ0) is 13.9. The fraction of sp³-hybridized carbons (Fsp3) is 0.500. The third-order valence-corrected chi connectivity index (χ3v) is 3.30. The van der Waals surface area contributed by atoms with Crippen molar-refractivity contribution in [3.63, 3.8) is 0 Å². The molecule has 102 valence electrons. The van der Waals surface area contributed by atoms with Gasteiger partial charge in [-0.25, -0.2) is 0 Å². The second-order valence-electron chi connectivity index (χ2n) is 4.59. The lowest BCUT2D eigenvalue weighted by Gasteiger charge is -2.20. The molecule has 0 spiro atoms. The molecule has 0 aliphatic carbocycles. The van der Waals surface area contributed by atoms with Crippen LogP contribution in [0.15, 0.2) is 22.7 Å². The van der Waals surface area contributed by atoms with Crippen LogP contribution in [0.1, 0.15) is 37.4 Å². The summed E-state index contributed by atoms with van der Waals surface area (Å²) in [5, 5.41) is 0. The highest BCUT2D eigenvalue weighted by Gasteiger charge is 2.33. The van der Waals surface area contributed by atoms with E-state index >= 15 is 0 Å². The molecular formula is C12H16BrF3N2. The first-order valence-electron chi connectivity index (χ1n) is 5.58. The van der Waals surface area contributed by atoms with Gasteiger partial charge in [-0.2, -0.15) is 13.2 Å². The number of benzene rings is 1. The molecule has 18 heavy (non-hydrogen) atoms. The van der Waals surface area contributed by atoms with E-state index < -0.39 is 11.7 Å². The van der Waals surface area contributed by atoms with Gasteiger partial charge in [0.15, 0.2) is 0 Å². The molecule has 3 N–H and O–H groups in total. The van der Waals surface area contributed by atoms with Crippen molar-refractivity contribution < 1.29 is 13.2 Å². The van der Waals surface area contributed by atoms with Crippen LogP contribution in [0.25, 0.3) is 0 Å². The number of nitrogens with two attached hydrogens (primary N) is 1. The van der Waals surface area contributed by atoms with Crippen molar-refractivity contribution in [2.24, 2.45) is 11.8 Å². The minimum atomic E-state index is -4.37. The molecule has 0 amide bonds. The van der Waals surface area contributed by atoms with Gasteiger partial charge < -0.3 is 0 Å². The first-order valence-corrected chi connectivity index (χ1v) is 6.37. The van der Waals surface area contributed by atoms with Crippen LogP contribution < -0.4 is 11.3 Å². The zero-order valence-electron chi connectivity index (χ0n) is 10.2. The highest BCUT2D eigenvalue weighted by molar-refractivity contribution is 9.10. The zero-order valence-corrected chi connectivity index (χ0v) is 11.8. The quantitative estimate of drug-likeness (QED) is 0.648. The molecule has 1 aromatic rings. The van der Waals surface area contributed by atoms with Gasteiger partial charge in [0.25, 0.3) is 0 Å². The van der Waals surface area contributed by atoms with E-state index in [2.05, 4.69) is 21.4 Å². The van der Waals surface area contributed by atoms with Gasteiger partial charge in [0.05, 0.1) is 5.56 Å². The topological polar surface area (TPSA) is 38.0 Å². The third-order valence-electron chi connectivity index (χ3n) is 2.61. The average Bonchev–Trinajstić information content (AvgIpc) is 2.25. The first-order chi connectivity index (χ1) is 8.25. The summed E-state index contributed by atoms with van der Waals surface area (Å²) in [5.41, 5.74) is 2.43. The number of hydrogen-bond donors (Lipinski definition) is 2. The Morgan fingerprint density at radius 1 is 1.33 bits per heavy atom. The summed E-state index contributed by atoms with van der Waals surface area (Å²) < 4.78 is 38.4. The SMILES string of the molecule is CC(C)CC(NN)c1ccc(Br)c(C(F)(F)F)c1. The van der Waals surface area contributed by atoms with E-state index in [4.69, 9.17) is 5.84 Å². The Morgan fingerprint density at radius 2 is 1.94 bits per heavy atom. The molecule has 0 saturated heterocycles. The van der Waals surface area contributed by atoms with E-state index in [0.717, 1.165) is 6.07 Å². The number of halogens is 4. The van der Waals surface area contributed by atoms with Gasteiger partial charge in [0.2, 0.25) is 0 Å². The largest absolute Gasteiger partial charge is 0.417 e. The molecule has 0 fully saturated rings. The molecule has 1 atom stereocenters. The molecule has 0 aliphatic rings. The van der Waals surface area contributed by atoms with Crippen molar-refractivity contribution in [2.75, 3.05) is 0 Å². The maximum Gasteiger partial charge on any atom is 0.417 e. The van der Waals surface area contributed by atoms with E-state index in [1.165, 1.54) is 6.07 Å². The lowest BCUT2D eigenvalue weighted by Crippen LogP contribution is -2.29. The Hall–Kier alpha value is -0.590. The van der Waals surface area contributed by atoms with Gasteiger partial charge in [-0.1, -0.05) is 35.8 Å². The summed E-state index contributed by atoms with van der Waals surface area (Å²) in [7, 11) is 0. The maximum atomic E-state index is 12.8. The Bertz CT molecular complexity index is 405. The Kier molecular flexibility index (Phi) is 5.19. The molecule has 1 aromatic carbocycles. The van der Waals surface area contributed by atoms with Crippen molar-refractivity contribution in [1.29, 1.82) is 0 Å². The van der Waals surface area contributed by atoms with Gasteiger partial charge in [-0.3, -0.25) is 11.3 Å². The lowest BCUT2D eigenvalue weighted by atomic mass is 9.96. The molecule has 0 aliphatic heterocycles. The maximum absolute atomic E-state index is 12.8. The van der Waals surface area contributed by atoms with Crippen LogP contribution in [0.2, 0.25) is 0 Å². The molecule has 6 heteroatoms. The molecule has 1 rings (SSSR count). The number of hydrogen-bond acceptors (Lipinski definition) is 2. The van der Waals surface area contributed by atoms with Crippen molar-refractivity contribution in [2.45, 2.75) is 32.5 Å². The van der Waals surface area contributed by atoms with Crippen LogP contribution in [0.5, 0.6) is 0 Å². The fourth-order valence-electron chi connectivity index (χ4n) is 1.75. The molecule has 0 radical (unpaired) electrons. The van der Waals surface area contributed by atoms with Crippen molar-refractivity contribution >= 4 is 15.9 Å². The van der Waals surface area contributed by atoms with E-state index in [-0.39, 0.29) is 10.5 Å². The van der Waals surface area contributed by atoms with Crippen LogP contribution in [-0.4, -0.2) is 0 Å². The van der Waals surface area contributed by atoms with Crippen LogP contribution in [0.4, 0.5) is 13.2 Å². The Morgan fingerprint density at radius 3 is 2.39 bits per heavy atom. The molecule has 1 unspecified atom stereocenters. The van der Waals surface area contributed by atoms with E-state index in [1.54, 1.807) is 6.07 Å². The number of nitrogens with one attached hydrogen (secondary N) is 1. The summed E-state index contributed by atoms with van der Waals surface area (Å²) in [6.07, 6.45) is -3.69. The average molecular weight is 325 g/mol. The third kappa shape index (κ3) is 3.96. The van der Waals surface area contributed by atoms with Crippen molar-refractivity contribution in [3.05, 3.63) is 33.8 Å². The van der Waals surface area contributed by atoms with Gasteiger partial charge in [0.1, 0.15) is 0 Å². The van der Waals surface area contributed by atoms with Gasteiger partial charge in [-0.05, 0) is 30.0 Å². The highest BCUT2D eigenvalue weighted by atomic mass is 79.9. The second kappa shape index (κ2) is 6.04. The van der Waals surface area contributed by atoms with Crippen LogP contribution >= 0.6 is 15.9 Å². The Balaban J connectivity index is 3.10. The number of rotatable bonds is 4. The van der Waals surface area contributed by atoms with Crippen molar-refractivity contribution in [1.82, 2.24) is 5.43 Å². The van der Waals surface area contributed by atoms with Crippen molar-refractivity contribution in [3.8, 4) is 0 Å². The highest BCUT2D eigenvalue weighted by Crippen LogP contribution is 2.36. The van der Waals surface area contributed by atoms with E-state index in [0.29, 0.717) is 17.9 Å². The molecule has 0 saturated carbocycles. The number of hydrazine groups is 1. The smallest absolute Gasteiger partial charge is 0.271 e. The molecular weight excluding hydrogens is 309 g/mol. The summed E-state index contributed by atoms with van der Waals surface area (Å²) in [6.45, 7) is 3.99. The van der Waals surface area contributed by atoms with Crippen LogP contribution in [0.3, 0.4) is 0 Å². The fourth-order valence-corrected chi connectivity index (χ4v) is 2.22. The minimum absolute atomic E-state index is 0.0408.